The Balaban J connectivity index is 1.67. The minimum absolute atomic E-state index is 0.134. The van der Waals surface area contributed by atoms with E-state index in [4.69, 9.17) is 10.8 Å². The number of fused-ring (bicyclic) bond motifs is 3. The highest BCUT2D eigenvalue weighted by atomic mass is 19.1. The van der Waals surface area contributed by atoms with E-state index in [2.05, 4.69) is 21.5 Å². The second-order valence-electron chi connectivity index (χ2n) is 10.2. The van der Waals surface area contributed by atoms with Crippen molar-refractivity contribution in [3.63, 3.8) is 0 Å². The van der Waals surface area contributed by atoms with E-state index in [1.54, 1.807) is 25.2 Å². The average molecular weight is 550 g/mol. The van der Waals surface area contributed by atoms with Gasteiger partial charge in [0.1, 0.15) is 17.2 Å². The standard InChI is InChI=1S/C34H32FN3O3/c1-6-20(4)34(7-2,8-3)38-32(39)23-11-9-10-22(18-23)26-19-27-28(33(40)36-5)30(21-12-14-24(35)15-13-21)41-31(27)25-16-17-37-29(25)26/h1,9-20,37H,7-8H2,2-5H3,(H,36,40)(H,38,39). The first kappa shape index (κ1) is 27.7. The molecule has 1 atom stereocenters. The van der Waals surface area contributed by atoms with Crippen molar-refractivity contribution in [2.45, 2.75) is 39.2 Å². The number of aromatic amines is 1. The van der Waals surface area contributed by atoms with Gasteiger partial charge in [-0.2, -0.15) is 0 Å². The van der Waals surface area contributed by atoms with Crippen LogP contribution in [0.5, 0.6) is 0 Å². The largest absolute Gasteiger partial charge is 0.454 e. The number of aromatic nitrogens is 1. The number of nitrogens with one attached hydrogen (secondary N) is 3. The Labute approximate surface area is 238 Å². The highest BCUT2D eigenvalue weighted by Gasteiger charge is 2.34. The maximum atomic E-state index is 13.7. The highest BCUT2D eigenvalue weighted by Crippen LogP contribution is 2.41. The number of hydrogen-bond donors (Lipinski definition) is 3. The van der Waals surface area contributed by atoms with Gasteiger partial charge >= 0.3 is 0 Å². The number of furan rings is 1. The van der Waals surface area contributed by atoms with Crippen molar-refractivity contribution in [2.75, 3.05) is 7.05 Å². The zero-order chi connectivity index (χ0) is 29.3. The minimum atomic E-state index is -0.510. The number of carbonyl (C=O) groups excluding carboxylic acids is 2. The highest BCUT2D eigenvalue weighted by molar-refractivity contribution is 6.19. The lowest BCUT2D eigenvalue weighted by molar-refractivity contribution is 0.0867. The van der Waals surface area contributed by atoms with Crippen molar-refractivity contribution in [3.8, 4) is 34.8 Å². The molecule has 0 saturated carbocycles. The van der Waals surface area contributed by atoms with Crippen LogP contribution in [0.2, 0.25) is 0 Å². The Morgan fingerprint density at radius 3 is 2.41 bits per heavy atom. The molecule has 6 nitrogen and oxygen atoms in total. The van der Waals surface area contributed by atoms with Gasteiger partial charge in [-0.05, 0) is 73.9 Å². The summed E-state index contributed by atoms with van der Waals surface area (Å²) < 4.78 is 20.0. The van der Waals surface area contributed by atoms with Crippen LogP contribution in [-0.4, -0.2) is 29.4 Å². The molecule has 5 rings (SSSR count). The van der Waals surface area contributed by atoms with Crippen molar-refractivity contribution in [1.82, 2.24) is 15.6 Å². The van der Waals surface area contributed by atoms with E-state index in [1.165, 1.54) is 12.1 Å². The molecular formula is C34H32FN3O3. The summed E-state index contributed by atoms with van der Waals surface area (Å²) in [5.74, 6) is 2.11. The number of benzene rings is 3. The van der Waals surface area contributed by atoms with Crippen LogP contribution in [0.25, 0.3) is 44.3 Å². The summed E-state index contributed by atoms with van der Waals surface area (Å²) in [6.45, 7) is 6.01. The predicted molar refractivity (Wildman–Crippen MR) is 161 cm³/mol. The van der Waals surface area contributed by atoms with Crippen molar-refractivity contribution in [2.24, 2.45) is 5.92 Å². The lowest BCUT2D eigenvalue weighted by atomic mass is 9.80. The predicted octanol–water partition coefficient (Wildman–Crippen LogP) is 7.30. The minimum Gasteiger partial charge on any atom is -0.454 e. The van der Waals surface area contributed by atoms with Gasteiger partial charge in [-0.3, -0.25) is 9.59 Å². The van der Waals surface area contributed by atoms with Crippen LogP contribution >= 0.6 is 0 Å². The quantitative estimate of drug-likeness (QED) is 0.177. The van der Waals surface area contributed by atoms with E-state index in [0.29, 0.717) is 46.3 Å². The van der Waals surface area contributed by atoms with Crippen LogP contribution in [-0.2, 0) is 0 Å². The van der Waals surface area contributed by atoms with Crippen LogP contribution in [0.4, 0.5) is 4.39 Å². The van der Waals surface area contributed by atoms with E-state index in [-0.39, 0.29) is 23.5 Å². The van der Waals surface area contributed by atoms with E-state index in [9.17, 15) is 14.0 Å². The Morgan fingerprint density at radius 2 is 1.76 bits per heavy atom. The molecule has 0 saturated heterocycles. The number of amides is 2. The molecule has 7 heteroatoms. The zero-order valence-electron chi connectivity index (χ0n) is 23.5. The Bertz CT molecular complexity index is 1800. The summed E-state index contributed by atoms with van der Waals surface area (Å²) in [5, 5.41) is 7.31. The number of carbonyl (C=O) groups is 2. The van der Waals surface area contributed by atoms with Gasteiger partial charge < -0.3 is 20.0 Å². The SMILES string of the molecule is C#CC(C)C(CC)(CC)NC(=O)c1cccc(-c2cc3c(C(=O)NC)c(-c4ccc(F)cc4)oc3c3cc[nH]c23)c1. The van der Waals surface area contributed by atoms with E-state index in [0.717, 1.165) is 22.0 Å². The van der Waals surface area contributed by atoms with Gasteiger partial charge in [0.2, 0.25) is 0 Å². The van der Waals surface area contributed by atoms with Crippen molar-refractivity contribution < 1.29 is 18.4 Å². The molecule has 0 aliphatic heterocycles. The van der Waals surface area contributed by atoms with Crippen molar-refractivity contribution in [3.05, 3.63) is 83.8 Å². The molecule has 3 aromatic carbocycles. The molecule has 0 aliphatic carbocycles. The number of hydrogen-bond acceptors (Lipinski definition) is 3. The molecule has 1 unspecified atom stereocenters. The van der Waals surface area contributed by atoms with Crippen LogP contribution in [0.1, 0.15) is 54.3 Å². The first-order valence-electron chi connectivity index (χ1n) is 13.7. The summed E-state index contributed by atoms with van der Waals surface area (Å²) in [6.07, 6.45) is 8.97. The third-order valence-corrected chi connectivity index (χ3v) is 8.19. The lowest BCUT2D eigenvalue weighted by Gasteiger charge is -2.36. The van der Waals surface area contributed by atoms with E-state index < -0.39 is 5.54 Å². The Kier molecular flexibility index (Phi) is 7.42. The second-order valence-corrected chi connectivity index (χ2v) is 10.2. The van der Waals surface area contributed by atoms with Gasteiger partial charge in [0.25, 0.3) is 11.8 Å². The normalized spacial score (nSPS) is 12.3. The van der Waals surface area contributed by atoms with Crippen LogP contribution in [0.3, 0.4) is 0 Å². The third-order valence-electron chi connectivity index (χ3n) is 8.19. The number of halogens is 1. The van der Waals surface area contributed by atoms with Gasteiger partial charge in [-0.25, -0.2) is 4.39 Å². The fourth-order valence-corrected chi connectivity index (χ4v) is 5.60. The van der Waals surface area contributed by atoms with Gasteiger partial charge in [0, 0.05) is 46.6 Å². The zero-order valence-corrected chi connectivity index (χ0v) is 23.5. The van der Waals surface area contributed by atoms with Crippen LogP contribution in [0.15, 0.2) is 71.3 Å². The molecule has 0 fully saturated rings. The summed E-state index contributed by atoms with van der Waals surface area (Å²) in [7, 11) is 1.56. The number of terminal acetylenes is 1. The maximum absolute atomic E-state index is 13.7. The molecule has 0 aliphatic rings. The van der Waals surface area contributed by atoms with Crippen LogP contribution in [0, 0.1) is 24.1 Å². The Morgan fingerprint density at radius 1 is 1.02 bits per heavy atom. The molecule has 2 amide bonds. The molecule has 0 spiro atoms. The second kappa shape index (κ2) is 11.0. The fraction of sp³-hybridized carbons (Fsp3) is 0.235. The van der Waals surface area contributed by atoms with Gasteiger partial charge in [0.05, 0.1) is 16.6 Å². The average Bonchev–Trinajstić information content (AvgIpc) is 3.64. The molecule has 3 N–H and O–H groups in total. The molecule has 0 radical (unpaired) electrons. The fourth-order valence-electron chi connectivity index (χ4n) is 5.60. The Hall–Kier alpha value is -4.83. The summed E-state index contributed by atoms with van der Waals surface area (Å²) >= 11 is 0. The summed E-state index contributed by atoms with van der Waals surface area (Å²) in [5.41, 5.74) is 3.87. The molecule has 2 heterocycles. The first-order chi connectivity index (χ1) is 19.8. The van der Waals surface area contributed by atoms with Gasteiger partial charge in [-0.1, -0.05) is 26.0 Å². The summed E-state index contributed by atoms with van der Waals surface area (Å²) in [6, 6.07) is 17.0. The number of H-pyrrole nitrogens is 1. The molecule has 5 aromatic rings. The first-order valence-corrected chi connectivity index (χ1v) is 13.7. The smallest absolute Gasteiger partial charge is 0.255 e. The van der Waals surface area contributed by atoms with Crippen molar-refractivity contribution in [1.29, 1.82) is 0 Å². The van der Waals surface area contributed by atoms with E-state index >= 15 is 0 Å². The van der Waals surface area contributed by atoms with Crippen LogP contribution < -0.4 is 10.6 Å². The topological polar surface area (TPSA) is 87.1 Å². The van der Waals surface area contributed by atoms with E-state index in [1.807, 2.05) is 57.3 Å². The molecule has 2 aromatic heterocycles. The van der Waals surface area contributed by atoms with Crippen molar-refractivity contribution >= 4 is 33.7 Å². The van der Waals surface area contributed by atoms with Gasteiger partial charge in [-0.15, -0.1) is 12.3 Å². The lowest BCUT2D eigenvalue weighted by Crippen LogP contribution is -2.52. The molecule has 208 valence electrons. The third kappa shape index (κ3) is 4.76. The number of rotatable bonds is 8. The monoisotopic (exact) mass is 549 g/mol. The summed E-state index contributed by atoms with van der Waals surface area (Å²) in [4.78, 5) is 29.9. The van der Waals surface area contributed by atoms with Gasteiger partial charge in [0.15, 0.2) is 0 Å². The molecule has 41 heavy (non-hydrogen) atoms. The molecule has 0 bridgehead atoms. The molecular weight excluding hydrogens is 517 g/mol. The maximum Gasteiger partial charge on any atom is 0.255 e.